The SMILES string of the molecule is COc1ccc(CNC(=O)CN(c2cccc(Cl)c2C)S(=O)(=O)c2ccccc2C)cc1. The van der Waals surface area contributed by atoms with E-state index in [1.807, 2.05) is 12.1 Å². The van der Waals surface area contributed by atoms with Crippen molar-refractivity contribution in [1.82, 2.24) is 5.32 Å². The molecule has 0 saturated heterocycles. The Bertz CT molecular complexity index is 1210. The highest BCUT2D eigenvalue weighted by molar-refractivity contribution is 7.93. The van der Waals surface area contributed by atoms with Crippen LogP contribution in [0.3, 0.4) is 0 Å². The maximum absolute atomic E-state index is 13.6. The Morgan fingerprint density at radius 1 is 1.00 bits per heavy atom. The predicted molar refractivity (Wildman–Crippen MR) is 127 cm³/mol. The van der Waals surface area contributed by atoms with Gasteiger partial charge in [0.2, 0.25) is 5.91 Å². The molecule has 0 fully saturated rings. The van der Waals surface area contributed by atoms with E-state index in [1.165, 1.54) is 6.07 Å². The van der Waals surface area contributed by atoms with Gasteiger partial charge in [-0.3, -0.25) is 9.10 Å². The molecule has 3 aromatic carbocycles. The van der Waals surface area contributed by atoms with Crippen molar-refractivity contribution in [3.63, 3.8) is 0 Å². The van der Waals surface area contributed by atoms with E-state index in [4.69, 9.17) is 16.3 Å². The van der Waals surface area contributed by atoms with E-state index >= 15 is 0 Å². The third kappa shape index (κ3) is 5.23. The summed E-state index contributed by atoms with van der Waals surface area (Å²) in [6, 6.07) is 18.9. The van der Waals surface area contributed by atoms with E-state index in [2.05, 4.69) is 5.32 Å². The van der Waals surface area contributed by atoms with Crippen LogP contribution in [0.2, 0.25) is 5.02 Å². The van der Waals surface area contributed by atoms with Gasteiger partial charge in [0.25, 0.3) is 10.0 Å². The van der Waals surface area contributed by atoms with Gasteiger partial charge in [-0.15, -0.1) is 0 Å². The zero-order chi connectivity index (χ0) is 23.3. The predicted octanol–water partition coefficient (Wildman–Crippen LogP) is 4.48. The van der Waals surface area contributed by atoms with Gasteiger partial charge in [0.1, 0.15) is 12.3 Å². The number of nitrogens with one attached hydrogen (secondary N) is 1. The summed E-state index contributed by atoms with van der Waals surface area (Å²) in [5.74, 6) is 0.282. The summed E-state index contributed by atoms with van der Waals surface area (Å²) in [5, 5.41) is 3.21. The van der Waals surface area contributed by atoms with E-state index in [-0.39, 0.29) is 18.0 Å². The van der Waals surface area contributed by atoms with E-state index in [0.717, 1.165) is 9.87 Å². The first-order valence-electron chi connectivity index (χ1n) is 9.97. The number of halogens is 1. The smallest absolute Gasteiger partial charge is 0.265 e. The van der Waals surface area contributed by atoms with Crippen molar-refractivity contribution in [3.8, 4) is 5.75 Å². The first-order chi connectivity index (χ1) is 15.2. The van der Waals surface area contributed by atoms with Gasteiger partial charge < -0.3 is 10.1 Å². The number of nitrogens with zero attached hydrogens (tertiary/aromatic N) is 1. The van der Waals surface area contributed by atoms with Gasteiger partial charge >= 0.3 is 0 Å². The van der Waals surface area contributed by atoms with Crippen LogP contribution in [0.4, 0.5) is 5.69 Å². The number of aryl methyl sites for hydroxylation is 1. The lowest BCUT2D eigenvalue weighted by Gasteiger charge is -2.26. The number of sulfonamides is 1. The average Bonchev–Trinajstić information content (AvgIpc) is 2.78. The fourth-order valence-corrected chi connectivity index (χ4v) is 5.14. The molecule has 3 rings (SSSR count). The molecule has 1 amide bonds. The van der Waals surface area contributed by atoms with Crippen molar-refractivity contribution in [3.05, 3.63) is 88.4 Å². The fraction of sp³-hybridized carbons (Fsp3) is 0.208. The quantitative estimate of drug-likeness (QED) is 0.524. The molecule has 0 saturated carbocycles. The minimum Gasteiger partial charge on any atom is -0.497 e. The molecule has 6 nitrogen and oxygen atoms in total. The number of ether oxygens (including phenoxy) is 1. The molecule has 168 valence electrons. The molecule has 3 aromatic rings. The molecule has 0 bridgehead atoms. The largest absolute Gasteiger partial charge is 0.497 e. The lowest BCUT2D eigenvalue weighted by molar-refractivity contribution is -0.119. The topological polar surface area (TPSA) is 75.7 Å². The lowest BCUT2D eigenvalue weighted by Crippen LogP contribution is -2.41. The first-order valence-corrected chi connectivity index (χ1v) is 11.8. The average molecular weight is 473 g/mol. The van der Waals surface area contributed by atoms with Crippen molar-refractivity contribution in [1.29, 1.82) is 0 Å². The molecule has 0 atom stereocenters. The number of hydrogen-bond acceptors (Lipinski definition) is 4. The monoisotopic (exact) mass is 472 g/mol. The molecule has 0 heterocycles. The first kappa shape index (κ1) is 23.6. The second-order valence-corrected chi connectivity index (χ2v) is 9.52. The molecule has 0 radical (unpaired) electrons. The fourth-order valence-electron chi connectivity index (χ4n) is 3.26. The second-order valence-electron chi connectivity index (χ2n) is 7.29. The van der Waals surface area contributed by atoms with E-state index in [0.29, 0.717) is 27.6 Å². The molecule has 1 N–H and O–H groups in total. The number of hydrogen-bond donors (Lipinski definition) is 1. The van der Waals surface area contributed by atoms with Gasteiger partial charge in [-0.2, -0.15) is 0 Å². The maximum atomic E-state index is 13.6. The Balaban J connectivity index is 1.90. The summed E-state index contributed by atoms with van der Waals surface area (Å²) >= 11 is 6.26. The molecular formula is C24H25ClN2O4S. The van der Waals surface area contributed by atoms with Gasteiger partial charge in [-0.05, 0) is 60.9 Å². The number of rotatable bonds is 8. The Morgan fingerprint density at radius 2 is 1.69 bits per heavy atom. The number of anilines is 1. The van der Waals surface area contributed by atoms with E-state index in [1.54, 1.807) is 69.5 Å². The number of carbonyl (C=O) groups is 1. The normalized spacial score (nSPS) is 11.1. The van der Waals surface area contributed by atoms with Crippen molar-refractivity contribution < 1.29 is 17.9 Å². The van der Waals surface area contributed by atoms with Gasteiger partial charge in [-0.25, -0.2) is 8.42 Å². The van der Waals surface area contributed by atoms with Crippen LogP contribution in [0, 0.1) is 13.8 Å². The summed E-state index contributed by atoms with van der Waals surface area (Å²) in [7, 11) is -2.43. The van der Waals surface area contributed by atoms with Crippen molar-refractivity contribution in [2.24, 2.45) is 0 Å². The van der Waals surface area contributed by atoms with E-state index < -0.39 is 15.9 Å². The molecule has 32 heavy (non-hydrogen) atoms. The summed E-state index contributed by atoms with van der Waals surface area (Å²) in [4.78, 5) is 12.9. The Morgan fingerprint density at radius 3 is 2.34 bits per heavy atom. The minimum absolute atomic E-state index is 0.141. The number of amides is 1. The molecule has 0 unspecified atom stereocenters. The summed E-state index contributed by atoms with van der Waals surface area (Å²) in [6.45, 7) is 3.33. The third-order valence-corrected chi connectivity index (χ3v) is 7.43. The Kier molecular flexibility index (Phi) is 7.43. The second kappa shape index (κ2) is 10.1. The molecule has 0 aliphatic rings. The molecular weight excluding hydrogens is 448 g/mol. The van der Waals surface area contributed by atoms with Crippen molar-refractivity contribution in [2.75, 3.05) is 18.0 Å². The highest BCUT2D eigenvalue weighted by atomic mass is 35.5. The third-order valence-electron chi connectivity index (χ3n) is 5.11. The van der Waals surface area contributed by atoms with Gasteiger partial charge in [0.05, 0.1) is 17.7 Å². The van der Waals surface area contributed by atoms with Crippen molar-refractivity contribution in [2.45, 2.75) is 25.3 Å². The van der Waals surface area contributed by atoms with Crippen LogP contribution in [0.15, 0.2) is 71.6 Å². The number of carbonyl (C=O) groups excluding carboxylic acids is 1. The molecule has 8 heteroatoms. The molecule has 0 aliphatic carbocycles. The van der Waals surface area contributed by atoms with Gasteiger partial charge in [-0.1, -0.05) is 48.0 Å². The minimum atomic E-state index is -4.01. The number of methoxy groups -OCH3 is 1. The Labute approximate surface area is 193 Å². The summed E-state index contributed by atoms with van der Waals surface area (Å²) < 4.78 is 33.4. The van der Waals surface area contributed by atoms with Crippen molar-refractivity contribution >= 4 is 33.2 Å². The molecule has 0 aliphatic heterocycles. The van der Waals surface area contributed by atoms with Gasteiger partial charge in [0.15, 0.2) is 0 Å². The van der Waals surface area contributed by atoms with Crippen LogP contribution in [0.25, 0.3) is 0 Å². The summed E-state index contributed by atoms with van der Waals surface area (Å²) in [6.07, 6.45) is 0. The van der Waals surface area contributed by atoms with Crippen LogP contribution in [0.1, 0.15) is 16.7 Å². The van der Waals surface area contributed by atoms with Crippen LogP contribution in [-0.4, -0.2) is 28.0 Å². The van der Waals surface area contributed by atoms with Gasteiger partial charge in [0, 0.05) is 11.6 Å². The van der Waals surface area contributed by atoms with Crippen LogP contribution in [0.5, 0.6) is 5.75 Å². The zero-order valence-corrected chi connectivity index (χ0v) is 19.7. The standard InChI is InChI=1S/C24H25ClN2O4S/c1-17-7-4-5-10-23(17)32(29,30)27(22-9-6-8-21(25)18(22)2)16-24(28)26-15-19-11-13-20(31-3)14-12-19/h4-14H,15-16H2,1-3H3,(H,26,28). The van der Waals surface area contributed by atoms with Crippen LogP contribution < -0.4 is 14.4 Å². The highest BCUT2D eigenvalue weighted by Crippen LogP contribution is 2.31. The molecule has 0 aromatic heterocycles. The highest BCUT2D eigenvalue weighted by Gasteiger charge is 2.29. The van der Waals surface area contributed by atoms with Crippen LogP contribution >= 0.6 is 11.6 Å². The zero-order valence-electron chi connectivity index (χ0n) is 18.1. The van der Waals surface area contributed by atoms with Crippen LogP contribution in [-0.2, 0) is 21.4 Å². The Hall–Kier alpha value is -3.03. The summed E-state index contributed by atoms with van der Waals surface area (Å²) in [5.41, 5.74) is 2.40. The maximum Gasteiger partial charge on any atom is 0.265 e. The molecule has 0 spiro atoms. The van der Waals surface area contributed by atoms with E-state index in [9.17, 15) is 13.2 Å². The number of benzene rings is 3. The lowest BCUT2D eigenvalue weighted by atomic mass is 10.2.